The molecule has 0 aliphatic heterocycles. The van der Waals surface area contributed by atoms with E-state index in [0.717, 1.165) is 11.1 Å². The molecule has 0 aliphatic carbocycles. The van der Waals surface area contributed by atoms with Gasteiger partial charge in [0.1, 0.15) is 0 Å². The first kappa shape index (κ1) is 22.8. The molecule has 8 heteroatoms. The number of alkyl halides is 6. The molecule has 132 valence electrons. The first-order valence-electron chi connectivity index (χ1n) is 6.52. The van der Waals surface area contributed by atoms with Crippen molar-refractivity contribution in [3.63, 3.8) is 0 Å². The summed E-state index contributed by atoms with van der Waals surface area (Å²) in [7, 11) is 0. The van der Waals surface area contributed by atoms with Crippen LogP contribution < -0.4 is 0 Å². The summed E-state index contributed by atoms with van der Waals surface area (Å²) < 4.78 is -2.54. The van der Waals surface area contributed by atoms with Gasteiger partial charge in [-0.2, -0.15) is 0 Å². The number of hydrogen-bond acceptors (Lipinski definition) is 0. The number of rotatable bonds is 2. The Bertz CT molecular complexity index is 572. The molecule has 2 aromatic rings. The molecule has 24 heavy (non-hydrogen) atoms. The molecular formula is C16H12Cl8. The molecule has 0 atom stereocenters. The second kappa shape index (κ2) is 9.62. The van der Waals surface area contributed by atoms with Gasteiger partial charge in [0, 0.05) is 10.0 Å². The maximum Gasteiger partial charge on any atom is 0.201 e. The molecule has 0 spiro atoms. The average Bonchev–Trinajstić information content (AvgIpc) is 2.40. The van der Waals surface area contributed by atoms with Crippen LogP contribution in [0.5, 0.6) is 0 Å². The molecule has 0 N–H and O–H groups in total. The molecular weight excluding hydrogens is 476 g/mol. The van der Waals surface area contributed by atoms with Crippen LogP contribution in [0.25, 0.3) is 0 Å². The van der Waals surface area contributed by atoms with Gasteiger partial charge in [-0.15, -0.1) is 0 Å². The standard InChI is InChI=1S/C14H9Cl5.C2H3Cl3/c15-11-5-1-9(2-6-11)13(14(17,18)19)10-3-7-12(16)8-4-10;1-2(3,4)5/h1-8,13H;1H3. The normalized spacial score (nSPS) is 11.9. The zero-order chi connectivity index (χ0) is 18.5. The van der Waals surface area contributed by atoms with E-state index in [1.165, 1.54) is 6.92 Å². The Kier molecular flexibility index (Phi) is 9.14. The Morgan fingerprint density at radius 1 is 0.625 bits per heavy atom. The second-order valence-corrected chi connectivity index (χ2v) is 10.9. The van der Waals surface area contributed by atoms with Gasteiger partial charge in [-0.1, -0.05) is 117 Å². The van der Waals surface area contributed by atoms with Crippen LogP contribution in [0.15, 0.2) is 48.5 Å². The van der Waals surface area contributed by atoms with Crippen molar-refractivity contribution < 1.29 is 0 Å². The van der Waals surface area contributed by atoms with E-state index in [4.69, 9.17) is 92.8 Å². The molecule has 0 amide bonds. The minimum absolute atomic E-state index is 0.382. The average molecular weight is 488 g/mol. The Balaban J connectivity index is 0.000000505. The zero-order valence-corrected chi connectivity index (χ0v) is 18.3. The largest absolute Gasteiger partial charge is 0.201 e. The third-order valence-electron chi connectivity index (χ3n) is 2.73. The van der Waals surface area contributed by atoms with Crippen molar-refractivity contribution >= 4 is 92.8 Å². The summed E-state index contributed by atoms with van der Waals surface area (Å²) in [5.74, 6) is -0.382. The molecule has 0 nitrogen and oxygen atoms in total. The summed E-state index contributed by atoms with van der Waals surface area (Å²) in [6.07, 6.45) is 0. The third kappa shape index (κ3) is 8.92. The minimum atomic E-state index is -1.46. The van der Waals surface area contributed by atoms with Crippen LogP contribution in [0, 0.1) is 0 Å². The van der Waals surface area contributed by atoms with Gasteiger partial charge in [0.2, 0.25) is 3.79 Å². The Hall–Kier alpha value is 0.760. The van der Waals surface area contributed by atoms with E-state index in [-0.39, 0.29) is 5.92 Å². The molecule has 0 aromatic heterocycles. The minimum Gasteiger partial charge on any atom is -0.0843 e. The van der Waals surface area contributed by atoms with Crippen LogP contribution in [0.1, 0.15) is 24.0 Å². The van der Waals surface area contributed by atoms with E-state index in [2.05, 4.69) is 0 Å². The van der Waals surface area contributed by atoms with Gasteiger partial charge in [-0.05, 0) is 42.3 Å². The molecule has 0 fully saturated rings. The van der Waals surface area contributed by atoms with Gasteiger partial charge in [0.05, 0.1) is 5.92 Å². The van der Waals surface area contributed by atoms with Crippen LogP contribution in [-0.4, -0.2) is 7.59 Å². The zero-order valence-electron chi connectivity index (χ0n) is 12.2. The molecule has 0 saturated heterocycles. The fourth-order valence-corrected chi connectivity index (χ4v) is 2.89. The summed E-state index contributed by atoms with van der Waals surface area (Å²) in [4.78, 5) is 0. The van der Waals surface area contributed by atoms with E-state index < -0.39 is 7.59 Å². The molecule has 0 radical (unpaired) electrons. The first-order chi connectivity index (χ1) is 10.9. The lowest BCUT2D eigenvalue weighted by molar-refractivity contribution is 0.839. The summed E-state index contributed by atoms with van der Waals surface area (Å²) in [6.45, 7) is 1.48. The molecule has 0 saturated carbocycles. The summed E-state index contributed by atoms with van der Waals surface area (Å²) in [5.41, 5.74) is 1.76. The Labute approximate surface area is 181 Å². The highest BCUT2D eigenvalue weighted by Gasteiger charge is 2.35. The molecule has 2 rings (SSSR count). The van der Waals surface area contributed by atoms with E-state index in [1.807, 2.05) is 24.3 Å². The van der Waals surface area contributed by atoms with Crippen molar-refractivity contribution in [2.45, 2.75) is 20.4 Å². The highest BCUT2D eigenvalue weighted by atomic mass is 35.6. The monoisotopic (exact) mass is 484 g/mol. The summed E-state index contributed by atoms with van der Waals surface area (Å²) >= 11 is 45.3. The van der Waals surface area contributed by atoms with Crippen molar-refractivity contribution in [1.82, 2.24) is 0 Å². The van der Waals surface area contributed by atoms with E-state index in [9.17, 15) is 0 Å². The lowest BCUT2D eigenvalue weighted by Crippen LogP contribution is -2.18. The number of halogens is 8. The Morgan fingerprint density at radius 2 is 0.875 bits per heavy atom. The van der Waals surface area contributed by atoms with E-state index in [1.54, 1.807) is 24.3 Å². The molecule has 0 aliphatic rings. The van der Waals surface area contributed by atoms with Crippen LogP contribution in [0.3, 0.4) is 0 Å². The SMILES string of the molecule is CC(Cl)(Cl)Cl.Clc1ccc(C(c2ccc(Cl)cc2)C(Cl)(Cl)Cl)cc1. The predicted molar refractivity (Wildman–Crippen MR) is 111 cm³/mol. The topological polar surface area (TPSA) is 0 Å². The second-order valence-electron chi connectivity index (χ2n) is 4.86. The fraction of sp³-hybridized carbons (Fsp3) is 0.250. The lowest BCUT2D eigenvalue weighted by Gasteiger charge is -2.25. The highest BCUT2D eigenvalue weighted by Crippen LogP contribution is 2.45. The van der Waals surface area contributed by atoms with Crippen LogP contribution in [0.2, 0.25) is 10.0 Å². The lowest BCUT2D eigenvalue weighted by atomic mass is 9.92. The first-order valence-corrected chi connectivity index (χ1v) is 9.54. The molecule has 0 unspecified atom stereocenters. The van der Waals surface area contributed by atoms with Crippen LogP contribution in [-0.2, 0) is 0 Å². The highest BCUT2D eigenvalue weighted by molar-refractivity contribution is 6.68. The van der Waals surface area contributed by atoms with Gasteiger partial charge in [-0.3, -0.25) is 0 Å². The third-order valence-corrected chi connectivity index (χ3v) is 3.89. The van der Waals surface area contributed by atoms with Gasteiger partial charge in [0.25, 0.3) is 0 Å². The molecule has 0 heterocycles. The van der Waals surface area contributed by atoms with Crippen LogP contribution >= 0.6 is 92.8 Å². The van der Waals surface area contributed by atoms with Crippen molar-refractivity contribution in [3.05, 3.63) is 69.7 Å². The van der Waals surface area contributed by atoms with Gasteiger partial charge in [0.15, 0.2) is 3.79 Å². The number of benzene rings is 2. The molecule has 0 bridgehead atoms. The van der Waals surface area contributed by atoms with E-state index >= 15 is 0 Å². The van der Waals surface area contributed by atoms with Crippen molar-refractivity contribution in [3.8, 4) is 0 Å². The maximum atomic E-state index is 6.11. The van der Waals surface area contributed by atoms with Crippen molar-refractivity contribution in [2.75, 3.05) is 0 Å². The van der Waals surface area contributed by atoms with Gasteiger partial charge in [-0.25, -0.2) is 0 Å². The predicted octanol–water partition coefficient (Wildman–Crippen LogP) is 8.87. The van der Waals surface area contributed by atoms with Crippen molar-refractivity contribution in [1.29, 1.82) is 0 Å². The van der Waals surface area contributed by atoms with E-state index in [0.29, 0.717) is 10.0 Å². The van der Waals surface area contributed by atoms with Gasteiger partial charge >= 0.3 is 0 Å². The van der Waals surface area contributed by atoms with Crippen molar-refractivity contribution in [2.24, 2.45) is 0 Å². The van der Waals surface area contributed by atoms with Crippen LogP contribution in [0.4, 0.5) is 0 Å². The summed E-state index contributed by atoms with van der Waals surface area (Å²) in [5, 5.41) is 1.28. The number of hydrogen-bond donors (Lipinski definition) is 0. The smallest absolute Gasteiger partial charge is 0.0843 e. The molecule has 2 aromatic carbocycles. The Morgan fingerprint density at radius 3 is 1.08 bits per heavy atom. The summed E-state index contributed by atoms with van der Waals surface area (Å²) in [6, 6.07) is 14.5. The quantitative estimate of drug-likeness (QED) is 0.371. The van der Waals surface area contributed by atoms with Gasteiger partial charge < -0.3 is 0 Å². The fourth-order valence-electron chi connectivity index (χ4n) is 1.88. The maximum absolute atomic E-state index is 6.11.